The van der Waals surface area contributed by atoms with Crippen LogP contribution in [0.25, 0.3) is 5.65 Å². The molecule has 3 fully saturated rings. The summed E-state index contributed by atoms with van der Waals surface area (Å²) in [6, 6.07) is 8.49. The van der Waals surface area contributed by atoms with Gasteiger partial charge in [0.1, 0.15) is 11.2 Å². The zero-order valence-electron chi connectivity index (χ0n) is 26.0. The quantitative estimate of drug-likeness (QED) is 0.356. The van der Waals surface area contributed by atoms with E-state index in [0.29, 0.717) is 44.8 Å². The molecule has 44 heavy (non-hydrogen) atoms. The summed E-state index contributed by atoms with van der Waals surface area (Å²) in [5.74, 6) is 0. The first kappa shape index (κ1) is 30.7. The lowest BCUT2D eigenvalue weighted by Crippen LogP contribution is -2.64. The molecule has 0 saturated carbocycles. The fourth-order valence-corrected chi connectivity index (χ4v) is 6.95. The van der Waals surface area contributed by atoms with Gasteiger partial charge in [-0.3, -0.25) is 4.90 Å². The number of fused-ring (bicyclic) bond motifs is 1. The molecule has 2 aromatic heterocycles. The third-order valence-corrected chi connectivity index (χ3v) is 9.09. The highest BCUT2D eigenvalue weighted by Gasteiger charge is 2.48. The Hall–Kier alpha value is -3.31. The Morgan fingerprint density at radius 1 is 1.05 bits per heavy atom. The average molecular weight is 614 g/mol. The Bertz CT molecular complexity index is 1520. The Kier molecular flexibility index (Phi) is 8.07. The molecule has 0 unspecified atom stereocenters. The summed E-state index contributed by atoms with van der Waals surface area (Å²) in [7, 11) is 0. The van der Waals surface area contributed by atoms with Crippen LogP contribution in [0, 0.1) is 12.3 Å². The van der Waals surface area contributed by atoms with E-state index < -0.39 is 17.3 Å². The minimum atomic E-state index is -4.41. The van der Waals surface area contributed by atoms with Crippen LogP contribution in [0.3, 0.4) is 0 Å². The molecule has 3 aliphatic rings. The third-order valence-electron chi connectivity index (χ3n) is 9.09. The number of piperidine rings is 1. The van der Waals surface area contributed by atoms with Gasteiger partial charge in [-0.25, -0.2) is 9.78 Å². The maximum Gasteiger partial charge on any atom is 0.416 e. The number of carbonyl (C=O) groups excluding carboxylic acids is 1. The zero-order valence-corrected chi connectivity index (χ0v) is 26.0. The molecule has 3 saturated heterocycles. The molecule has 0 aliphatic carbocycles. The number of hydrogen-bond acceptors (Lipinski definition) is 6. The van der Waals surface area contributed by atoms with Crippen LogP contribution in [-0.4, -0.2) is 83.4 Å². The van der Waals surface area contributed by atoms with Gasteiger partial charge in [0.15, 0.2) is 0 Å². The van der Waals surface area contributed by atoms with E-state index in [9.17, 15) is 18.0 Å². The summed E-state index contributed by atoms with van der Waals surface area (Å²) in [4.78, 5) is 24.1. The molecule has 11 heteroatoms. The Morgan fingerprint density at radius 3 is 2.50 bits per heavy atom. The normalized spacial score (nSPS) is 19.4. The number of nitrogens with zero attached hydrogens (tertiary/aromatic N) is 5. The van der Waals surface area contributed by atoms with Crippen molar-refractivity contribution in [1.29, 1.82) is 0 Å². The van der Waals surface area contributed by atoms with Gasteiger partial charge in [-0.2, -0.15) is 13.2 Å². The van der Waals surface area contributed by atoms with E-state index in [0.717, 1.165) is 67.8 Å². The van der Waals surface area contributed by atoms with Crippen LogP contribution < -0.4 is 4.90 Å². The zero-order chi connectivity index (χ0) is 31.3. The molecule has 6 rings (SSSR count). The van der Waals surface area contributed by atoms with E-state index in [2.05, 4.69) is 26.5 Å². The molecule has 3 aromatic rings. The van der Waals surface area contributed by atoms with Crippen LogP contribution >= 0.6 is 0 Å². The first-order valence-corrected chi connectivity index (χ1v) is 15.5. The molecule has 238 valence electrons. The van der Waals surface area contributed by atoms with Crippen LogP contribution in [0.1, 0.15) is 61.7 Å². The molecule has 0 atom stereocenters. The number of pyridine rings is 1. The Morgan fingerprint density at radius 2 is 1.80 bits per heavy atom. The van der Waals surface area contributed by atoms with Crippen LogP contribution in [0.4, 0.5) is 23.7 Å². The molecule has 0 radical (unpaired) electrons. The van der Waals surface area contributed by atoms with Gasteiger partial charge in [0.25, 0.3) is 0 Å². The number of anilines is 1. The molecule has 0 bridgehead atoms. The summed E-state index contributed by atoms with van der Waals surface area (Å²) < 4.78 is 54.6. The number of rotatable bonds is 5. The van der Waals surface area contributed by atoms with Gasteiger partial charge in [-0.05, 0) is 76.4 Å². The number of hydrogen-bond donors (Lipinski definition) is 0. The first-order chi connectivity index (χ1) is 20.8. The molecular formula is C33H42F3N5O3. The first-order valence-electron chi connectivity index (χ1n) is 15.5. The number of benzene rings is 1. The summed E-state index contributed by atoms with van der Waals surface area (Å²) in [5, 5.41) is 0. The van der Waals surface area contributed by atoms with E-state index >= 15 is 0 Å². The van der Waals surface area contributed by atoms with Crippen molar-refractivity contribution in [2.75, 3.05) is 57.4 Å². The fraction of sp³-hybridized carbons (Fsp3) is 0.576. The predicted molar refractivity (Wildman–Crippen MR) is 162 cm³/mol. The van der Waals surface area contributed by atoms with Crippen LogP contribution in [0.15, 0.2) is 36.5 Å². The lowest BCUT2D eigenvalue weighted by atomic mass is 9.73. The SMILES string of the molecule is Cc1c(Cc2c(CN3CCCC4(C3)CN(C(=O)OC(C)(C)C)C4)nc3ccc(N4CCOCC4)cn23)cccc1C(F)(F)F. The van der Waals surface area contributed by atoms with Crippen LogP contribution in [0.2, 0.25) is 0 Å². The van der Waals surface area contributed by atoms with Gasteiger partial charge >= 0.3 is 12.3 Å². The number of imidazole rings is 1. The molecule has 8 nitrogen and oxygen atoms in total. The largest absolute Gasteiger partial charge is 0.444 e. The van der Waals surface area contributed by atoms with Crippen molar-refractivity contribution >= 4 is 17.4 Å². The molecule has 5 heterocycles. The minimum absolute atomic E-state index is 0.0234. The number of alkyl halides is 3. The van der Waals surface area contributed by atoms with Crippen molar-refractivity contribution in [2.45, 2.75) is 65.3 Å². The fourth-order valence-electron chi connectivity index (χ4n) is 6.95. The van der Waals surface area contributed by atoms with Crippen molar-refractivity contribution in [1.82, 2.24) is 19.2 Å². The minimum Gasteiger partial charge on any atom is -0.444 e. The molecule has 1 aromatic carbocycles. The topological polar surface area (TPSA) is 62.5 Å². The third kappa shape index (κ3) is 6.40. The van der Waals surface area contributed by atoms with Crippen molar-refractivity contribution in [3.63, 3.8) is 0 Å². The van der Waals surface area contributed by atoms with E-state index in [1.807, 2.05) is 26.8 Å². The summed E-state index contributed by atoms with van der Waals surface area (Å²) >= 11 is 0. The maximum atomic E-state index is 13.8. The number of aromatic nitrogens is 2. The highest BCUT2D eigenvalue weighted by molar-refractivity contribution is 5.69. The number of halogens is 3. The van der Waals surface area contributed by atoms with Gasteiger partial charge in [-0.1, -0.05) is 12.1 Å². The van der Waals surface area contributed by atoms with Gasteiger partial charge in [0, 0.05) is 57.3 Å². The van der Waals surface area contributed by atoms with Gasteiger partial charge in [-0.15, -0.1) is 0 Å². The average Bonchev–Trinajstić information content (AvgIpc) is 3.27. The second kappa shape index (κ2) is 11.6. The molecular weight excluding hydrogens is 571 g/mol. The number of likely N-dealkylation sites (tertiary alicyclic amines) is 2. The van der Waals surface area contributed by atoms with E-state index in [1.165, 1.54) is 6.07 Å². The molecule has 3 aliphatic heterocycles. The monoisotopic (exact) mass is 613 g/mol. The summed E-state index contributed by atoms with van der Waals surface area (Å²) in [6.07, 6.45) is -0.215. The Balaban J connectivity index is 1.28. The molecule has 1 spiro atoms. The maximum absolute atomic E-state index is 13.8. The standard InChI is InChI=1S/C33H42F3N5O3/c1-23-24(7-5-8-26(23)33(34,35)36)17-28-27(37-29-10-9-25(18-41(28)29)39-13-15-43-16-14-39)19-38-12-6-11-32(20-38)21-40(22-32)30(42)44-31(2,3)4/h5,7-10,18H,6,11-17,19-22H2,1-4H3. The van der Waals surface area contributed by atoms with Crippen LogP contribution in [-0.2, 0) is 28.6 Å². The van der Waals surface area contributed by atoms with Gasteiger partial charge in [0.05, 0.1) is 35.9 Å². The van der Waals surface area contributed by atoms with Crippen molar-refractivity contribution in [3.8, 4) is 0 Å². The van der Waals surface area contributed by atoms with E-state index in [-0.39, 0.29) is 17.1 Å². The van der Waals surface area contributed by atoms with Gasteiger partial charge < -0.3 is 23.7 Å². The summed E-state index contributed by atoms with van der Waals surface area (Å²) in [6.45, 7) is 13.7. The van der Waals surface area contributed by atoms with Crippen LogP contribution in [0.5, 0.6) is 0 Å². The number of morpholine rings is 1. The predicted octanol–water partition coefficient (Wildman–Crippen LogP) is 5.92. The number of amides is 1. The highest BCUT2D eigenvalue weighted by atomic mass is 19.4. The lowest BCUT2D eigenvalue weighted by Gasteiger charge is -2.54. The highest BCUT2D eigenvalue weighted by Crippen LogP contribution is 2.40. The van der Waals surface area contributed by atoms with Crippen molar-refractivity contribution in [2.24, 2.45) is 5.41 Å². The lowest BCUT2D eigenvalue weighted by molar-refractivity contribution is -0.138. The van der Waals surface area contributed by atoms with Crippen molar-refractivity contribution < 1.29 is 27.4 Å². The molecule has 1 amide bonds. The smallest absolute Gasteiger partial charge is 0.416 e. The van der Waals surface area contributed by atoms with E-state index in [4.69, 9.17) is 14.5 Å². The van der Waals surface area contributed by atoms with Gasteiger partial charge in [0.2, 0.25) is 0 Å². The number of ether oxygens (including phenoxy) is 2. The second-order valence-electron chi connectivity index (χ2n) is 13.6. The van der Waals surface area contributed by atoms with Crippen molar-refractivity contribution in [3.05, 3.63) is 64.6 Å². The second-order valence-corrected chi connectivity index (χ2v) is 13.6. The number of carbonyl (C=O) groups is 1. The Labute approximate surface area is 256 Å². The molecule has 0 N–H and O–H groups in total. The summed E-state index contributed by atoms with van der Waals surface area (Å²) in [5.41, 5.74) is 3.39. The van der Waals surface area contributed by atoms with E-state index in [1.54, 1.807) is 17.9 Å².